The fourth-order valence-corrected chi connectivity index (χ4v) is 1.72. The Labute approximate surface area is 125 Å². The largest absolute Gasteiger partial charge is 0.361 e. The average molecular weight is 296 g/mol. The molecule has 0 radical (unpaired) electrons. The molecule has 104 valence electrons. The van der Waals surface area contributed by atoms with Crippen LogP contribution in [-0.2, 0) is 0 Å². The smallest absolute Gasteiger partial charge is 0.189 e. The van der Waals surface area contributed by atoms with Crippen LogP contribution in [0.1, 0.15) is 25.3 Å². The molecule has 1 rings (SSSR count). The minimum atomic E-state index is 0.481. The van der Waals surface area contributed by atoms with Crippen molar-refractivity contribution in [3.63, 3.8) is 0 Å². The quantitative estimate of drug-likeness (QED) is 0.389. The van der Waals surface area contributed by atoms with E-state index in [4.69, 9.17) is 24.4 Å². The molecule has 4 nitrogen and oxygen atoms in total. The van der Waals surface area contributed by atoms with Gasteiger partial charge in [-0.1, -0.05) is 31.5 Å². The summed E-state index contributed by atoms with van der Waals surface area (Å²) in [6.07, 6.45) is 2.23. The second-order valence-corrected chi connectivity index (χ2v) is 4.94. The molecule has 6 heteroatoms. The first-order chi connectivity index (χ1) is 9.13. The van der Waals surface area contributed by atoms with E-state index >= 15 is 0 Å². The summed E-state index contributed by atoms with van der Waals surface area (Å²) in [5.74, 6) is 0. The summed E-state index contributed by atoms with van der Waals surface area (Å²) >= 11 is 10.3. The summed E-state index contributed by atoms with van der Waals surface area (Å²) in [6, 6.07) is 7.95. The molecule has 1 aromatic carbocycles. The molecule has 0 aliphatic carbocycles. The number of hydrazine groups is 1. The van der Waals surface area contributed by atoms with Gasteiger partial charge in [0, 0.05) is 12.2 Å². The number of hydrogen-bond donors (Lipinski definition) is 4. The molecule has 0 atom stereocenters. The van der Waals surface area contributed by atoms with Gasteiger partial charge in [0.25, 0.3) is 0 Å². The van der Waals surface area contributed by atoms with Crippen molar-refractivity contribution < 1.29 is 0 Å². The third-order valence-electron chi connectivity index (χ3n) is 2.50. The molecule has 0 aliphatic rings. The Bertz CT molecular complexity index is 434. The first kappa shape index (κ1) is 15.7. The Morgan fingerprint density at radius 1 is 1.11 bits per heavy atom. The molecule has 0 amide bonds. The zero-order valence-corrected chi connectivity index (χ0v) is 12.9. The maximum Gasteiger partial charge on any atom is 0.189 e. The zero-order valence-electron chi connectivity index (χ0n) is 11.2. The number of anilines is 1. The highest BCUT2D eigenvalue weighted by molar-refractivity contribution is 7.80. The second kappa shape index (κ2) is 8.66. The first-order valence-corrected chi connectivity index (χ1v) is 7.11. The molecule has 0 aliphatic heterocycles. The molecular formula is C13H20N4S2. The van der Waals surface area contributed by atoms with Crippen LogP contribution in [0.25, 0.3) is 0 Å². The molecule has 0 saturated heterocycles. The molecule has 0 spiro atoms. The van der Waals surface area contributed by atoms with Gasteiger partial charge in [0.05, 0.1) is 0 Å². The Hall–Kier alpha value is -1.40. The van der Waals surface area contributed by atoms with E-state index in [9.17, 15) is 0 Å². The van der Waals surface area contributed by atoms with Gasteiger partial charge in [0.15, 0.2) is 10.2 Å². The SMILES string of the molecule is CCCCNC(=S)NNC(=S)Nc1ccccc1C. The zero-order chi connectivity index (χ0) is 14.1. The van der Waals surface area contributed by atoms with Crippen molar-refractivity contribution in [1.82, 2.24) is 16.2 Å². The van der Waals surface area contributed by atoms with Crippen molar-refractivity contribution in [3.05, 3.63) is 29.8 Å². The topological polar surface area (TPSA) is 48.1 Å². The first-order valence-electron chi connectivity index (χ1n) is 6.30. The van der Waals surface area contributed by atoms with Crippen LogP contribution in [0.4, 0.5) is 5.69 Å². The van der Waals surface area contributed by atoms with Gasteiger partial charge in [0.1, 0.15) is 0 Å². The molecular weight excluding hydrogens is 276 g/mol. The average Bonchev–Trinajstić information content (AvgIpc) is 2.39. The summed E-state index contributed by atoms with van der Waals surface area (Å²) in [4.78, 5) is 0. The summed E-state index contributed by atoms with van der Waals surface area (Å²) in [7, 11) is 0. The van der Waals surface area contributed by atoms with E-state index < -0.39 is 0 Å². The number of hydrogen-bond acceptors (Lipinski definition) is 2. The minimum Gasteiger partial charge on any atom is -0.361 e. The van der Waals surface area contributed by atoms with Crippen LogP contribution >= 0.6 is 24.4 Å². The standard InChI is InChI=1S/C13H20N4S2/c1-3-4-9-14-12(18)16-17-13(19)15-11-8-6-5-7-10(11)2/h5-8H,3-4,9H2,1-2H3,(H2,14,16,18)(H2,15,17,19). The molecule has 0 unspecified atom stereocenters. The van der Waals surface area contributed by atoms with Gasteiger partial charge < -0.3 is 10.6 Å². The molecule has 0 heterocycles. The molecule has 0 aromatic heterocycles. The normalized spacial score (nSPS) is 9.58. The highest BCUT2D eigenvalue weighted by Gasteiger charge is 2.00. The van der Waals surface area contributed by atoms with Crippen LogP contribution < -0.4 is 21.5 Å². The van der Waals surface area contributed by atoms with Crippen molar-refractivity contribution in [2.24, 2.45) is 0 Å². The Morgan fingerprint density at radius 3 is 2.47 bits per heavy atom. The van der Waals surface area contributed by atoms with Gasteiger partial charge in [-0.2, -0.15) is 0 Å². The van der Waals surface area contributed by atoms with Crippen LogP contribution in [0.3, 0.4) is 0 Å². The third kappa shape index (κ3) is 6.35. The van der Waals surface area contributed by atoms with Crippen molar-refractivity contribution in [1.29, 1.82) is 0 Å². The molecule has 4 N–H and O–H groups in total. The van der Waals surface area contributed by atoms with Gasteiger partial charge in [-0.05, 0) is 49.4 Å². The highest BCUT2D eigenvalue weighted by atomic mass is 32.1. The summed E-state index contributed by atoms with van der Waals surface area (Å²) < 4.78 is 0. The molecule has 19 heavy (non-hydrogen) atoms. The van der Waals surface area contributed by atoms with Gasteiger partial charge in [-0.3, -0.25) is 10.9 Å². The second-order valence-electron chi connectivity index (χ2n) is 4.13. The monoisotopic (exact) mass is 296 g/mol. The van der Waals surface area contributed by atoms with Crippen LogP contribution in [0.5, 0.6) is 0 Å². The van der Waals surface area contributed by atoms with Crippen LogP contribution in [0, 0.1) is 6.92 Å². The molecule has 0 bridgehead atoms. The minimum absolute atomic E-state index is 0.481. The number of nitrogens with one attached hydrogen (secondary N) is 4. The number of rotatable bonds is 4. The lowest BCUT2D eigenvalue weighted by molar-refractivity contribution is 0.732. The number of aryl methyl sites for hydroxylation is 1. The summed E-state index contributed by atoms with van der Waals surface area (Å²) in [5, 5.41) is 7.21. The Balaban J connectivity index is 2.28. The van der Waals surface area contributed by atoms with Crippen LogP contribution in [0.2, 0.25) is 0 Å². The van der Waals surface area contributed by atoms with E-state index in [0.29, 0.717) is 10.2 Å². The van der Waals surface area contributed by atoms with Crippen molar-refractivity contribution in [2.75, 3.05) is 11.9 Å². The number of thiocarbonyl (C=S) groups is 2. The number of benzene rings is 1. The maximum absolute atomic E-state index is 5.18. The fourth-order valence-electron chi connectivity index (χ4n) is 1.40. The third-order valence-corrected chi connectivity index (χ3v) is 2.95. The highest BCUT2D eigenvalue weighted by Crippen LogP contribution is 2.12. The number of unbranched alkanes of at least 4 members (excludes halogenated alkanes) is 1. The van der Waals surface area contributed by atoms with Gasteiger partial charge in [0.2, 0.25) is 0 Å². The molecule has 0 saturated carbocycles. The van der Waals surface area contributed by atoms with Crippen molar-refractivity contribution in [2.45, 2.75) is 26.7 Å². The lowest BCUT2D eigenvalue weighted by Crippen LogP contribution is -2.48. The van der Waals surface area contributed by atoms with E-state index in [1.807, 2.05) is 31.2 Å². The van der Waals surface area contributed by atoms with Gasteiger partial charge in [-0.25, -0.2) is 0 Å². The maximum atomic E-state index is 5.18. The van der Waals surface area contributed by atoms with Crippen LogP contribution in [-0.4, -0.2) is 16.8 Å². The molecule has 0 fully saturated rings. The van der Waals surface area contributed by atoms with Gasteiger partial charge in [-0.15, -0.1) is 0 Å². The van der Waals surface area contributed by atoms with E-state index in [-0.39, 0.29) is 0 Å². The number of para-hydroxylation sites is 1. The Morgan fingerprint density at radius 2 is 1.79 bits per heavy atom. The lowest BCUT2D eigenvalue weighted by Gasteiger charge is -2.15. The predicted molar refractivity (Wildman–Crippen MR) is 89.2 cm³/mol. The predicted octanol–water partition coefficient (Wildman–Crippen LogP) is 2.46. The van der Waals surface area contributed by atoms with Crippen LogP contribution in [0.15, 0.2) is 24.3 Å². The van der Waals surface area contributed by atoms with E-state index in [1.54, 1.807) is 0 Å². The van der Waals surface area contributed by atoms with Crippen molar-refractivity contribution in [3.8, 4) is 0 Å². The van der Waals surface area contributed by atoms with Gasteiger partial charge >= 0.3 is 0 Å². The summed E-state index contributed by atoms with van der Waals surface area (Å²) in [5.41, 5.74) is 7.81. The van der Waals surface area contributed by atoms with E-state index in [2.05, 4.69) is 28.4 Å². The fraction of sp³-hybridized carbons (Fsp3) is 0.385. The lowest BCUT2D eigenvalue weighted by atomic mass is 10.2. The summed E-state index contributed by atoms with van der Waals surface area (Å²) in [6.45, 7) is 5.02. The van der Waals surface area contributed by atoms with E-state index in [1.165, 1.54) is 0 Å². The molecule has 1 aromatic rings. The Kier molecular flexibility index (Phi) is 7.14. The van der Waals surface area contributed by atoms with E-state index in [0.717, 1.165) is 30.6 Å². The van der Waals surface area contributed by atoms with Crippen molar-refractivity contribution >= 4 is 40.3 Å².